The molecule has 0 amide bonds. The topological polar surface area (TPSA) is 54.0 Å². The Labute approximate surface area is 147 Å². The van der Waals surface area contributed by atoms with Gasteiger partial charge in [0.05, 0.1) is 0 Å². The van der Waals surface area contributed by atoms with Gasteiger partial charge in [-0.15, -0.1) is 0 Å². The van der Waals surface area contributed by atoms with Gasteiger partial charge in [-0.2, -0.15) is 0 Å². The molecule has 0 fully saturated rings. The highest BCUT2D eigenvalue weighted by molar-refractivity contribution is 5.77. The Morgan fingerprint density at radius 3 is 2.00 bits per heavy atom. The first-order valence-electron chi connectivity index (χ1n) is 7.85. The predicted molar refractivity (Wildman–Crippen MR) is 96.0 cm³/mol. The van der Waals surface area contributed by atoms with Crippen molar-refractivity contribution in [3.8, 4) is 11.5 Å². The van der Waals surface area contributed by atoms with Gasteiger partial charge in [0.15, 0.2) is 13.6 Å². The van der Waals surface area contributed by atoms with E-state index in [0.29, 0.717) is 23.5 Å². The number of hydrogen-bond donors (Lipinski definition) is 0. The fraction of sp³-hybridized carbons (Fsp3) is 0.250. The standard InChI is InChI=1S/C20H22O5/c1-22-14-24-19-11-17(13-21)12-20(25-15-23-2)18(19)10-6-9-16-7-4-3-5-8-16/h3-9,11-13H,10,14-15H2,1-2H3/b9-6+. The van der Waals surface area contributed by atoms with Gasteiger partial charge in [0.2, 0.25) is 0 Å². The maximum atomic E-state index is 11.2. The zero-order valence-corrected chi connectivity index (χ0v) is 14.4. The lowest BCUT2D eigenvalue weighted by Crippen LogP contribution is -2.07. The number of carbonyl (C=O) groups is 1. The molecule has 0 atom stereocenters. The summed E-state index contributed by atoms with van der Waals surface area (Å²) in [4.78, 5) is 11.2. The van der Waals surface area contributed by atoms with Crippen LogP contribution >= 0.6 is 0 Å². The molecule has 5 nitrogen and oxygen atoms in total. The summed E-state index contributed by atoms with van der Waals surface area (Å²) in [7, 11) is 3.09. The molecule has 132 valence electrons. The Morgan fingerprint density at radius 1 is 0.880 bits per heavy atom. The molecule has 2 aromatic carbocycles. The summed E-state index contributed by atoms with van der Waals surface area (Å²) in [6, 6.07) is 13.3. The third kappa shape index (κ3) is 5.74. The van der Waals surface area contributed by atoms with Crippen LogP contribution in [0.25, 0.3) is 6.08 Å². The van der Waals surface area contributed by atoms with Crippen LogP contribution in [0, 0.1) is 0 Å². The largest absolute Gasteiger partial charge is 0.467 e. The highest BCUT2D eigenvalue weighted by Crippen LogP contribution is 2.31. The van der Waals surface area contributed by atoms with Crippen molar-refractivity contribution in [1.29, 1.82) is 0 Å². The van der Waals surface area contributed by atoms with Crippen molar-refractivity contribution in [1.82, 2.24) is 0 Å². The molecule has 5 heteroatoms. The van der Waals surface area contributed by atoms with Crippen LogP contribution in [0.1, 0.15) is 21.5 Å². The van der Waals surface area contributed by atoms with Gasteiger partial charge in [0, 0.05) is 25.3 Å². The Hall–Kier alpha value is -2.63. The minimum Gasteiger partial charge on any atom is -0.467 e. The number of aldehydes is 1. The number of ether oxygens (including phenoxy) is 4. The number of methoxy groups -OCH3 is 2. The van der Waals surface area contributed by atoms with Gasteiger partial charge in [-0.05, 0) is 24.1 Å². The molecule has 2 aromatic rings. The highest BCUT2D eigenvalue weighted by Gasteiger charge is 2.13. The van der Waals surface area contributed by atoms with Crippen molar-refractivity contribution < 1.29 is 23.7 Å². The predicted octanol–water partition coefficient (Wildman–Crippen LogP) is 3.72. The van der Waals surface area contributed by atoms with E-state index < -0.39 is 0 Å². The quantitative estimate of drug-likeness (QED) is 0.486. The third-order valence-electron chi connectivity index (χ3n) is 3.42. The molecule has 0 aliphatic heterocycles. The molecule has 2 rings (SSSR count). The van der Waals surface area contributed by atoms with Crippen molar-refractivity contribution in [3.05, 3.63) is 65.2 Å². The van der Waals surface area contributed by atoms with E-state index in [-0.39, 0.29) is 13.6 Å². The molecule has 0 radical (unpaired) electrons. The number of hydrogen-bond acceptors (Lipinski definition) is 5. The molecular formula is C20H22O5. The maximum absolute atomic E-state index is 11.2. The van der Waals surface area contributed by atoms with Crippen LogP contribution in [0.4, 0.5) is 0 Å². The van der Waals surface area contributed by atoms with Gasteiger partial charge < -0.3 is 18.9 Å². The van der Waals surface area contributed by atoms with Crippen LogP contribution in [-0.2, 0) is 15.9 Å². The van der Waals surface area contributed by atoms with Crippen LogP contribution in [-0.4, -0.2) is 34.1 Å². The van der Waals surface area contributed by atoms with Crippen LogP contribution in [0.5, 0.6) is 11.5 Å². The second-order valence-corrected chi connectivity index (χ2v) is 5.23. The lowest BCUT2D eigenvalue weighted by molar-refractivity contribution is 0.0447. The Kier molecular flexibility index (Phi) is 7.69. The molecule has 0 unspecified atom stereocenters. The summed E-state index contributed by atoms with van der Waals surface area (Å²) in [6.45, 7) is 0.169. The van der Waals surface area contributed by atoms with Crippen LogP contribution in [0.15, 0.2) is 48.5 Å². The van der Waals surface area contributed by atoms with Gasteiger partial charge >= 0.3 is 0 Å². The Morgan fingerprint density at radius 2 is 1.48 bits per heavy atom. The fourth-order valence-corrected chi connectivity index (χ4v) is 2.29. The highest BCUT2D eigenvalue weighted by atomic mass is 16.7. The average molecular weight is 342 g/mol. The summed E-state index contributed by atoms with van der Waals surface area (Å²) >= 11 is 0. The molecule has 0 aromatic heterocycles. The van der Waals surface area contributed by atoms with E-state index in [1.807, 2.05) is 42.5 Å². The van der Waals surface area contributed by atoms with Crippen LogP contribution < -0.4 is 9.47 Å². The van der Waals surface area contributed by atoms with E-state index >= 15 is 0 Å². The lowest BCUT2D eigenvalue weighted by atomic mass is 10.0. The summed E-state index contributed by atoms with van der Waals surface area (Å²) in [5.41, 5.74) is 2.39. The van der Waals surface area contributed by atoms with Gasteiger partial charge in [0.25, 0.3) is 0 Å². The van der Waals surface area contributed by atoms with E-state index in [0.717, 1.165) is 17.4 Å². The molecule has 0 aliphatic rings. The maximum Gasteiger partial charge on any atom is 0.188 e. The van der Waals surface area contributed by atoms with Gasteiger partial charge in [-0.25, -0.2) is 0 Å². The smallest absolute Gasteiger partial charge is 0.188 e. The second kappa shape index (κ2) is 10.3. The minimum absolute atomic E-state index is 0.0847. The third-order valence-corrected chi connectivity index (χ3v) is 3.42. The molecule has 0 bridgehead atoms. The van der Waals surface area contributed by atoms with Crippen molar-refractivity contribution >= 4 is 12.4 Å². The molecule has 0 heterocycles. The van der Waals surface area contributed by atoms with E-state index in [2.05, 4.69) is 0 Å². The molecule has 0 saturated carbocycles. The first kappa shape index (κ1) is 18.7. The molecule has 0 saturated heterocycles. The normalized spacial score (nSPS) is 10.8. The number of allylic oxidation sites excluding steroid dienone is 1. The van der Waals surface area contributed by atoms with Crippen molar-refractivity contribution in [2.45, 2.75) is 6.42 Å². The van der Waals surface area contributed by atoms with Gasteiger partial charge in [-0.3, -0.25) is 4.79 Å². The molecular weight excluding hydrogens is 320 g/mol. The second-order valence-electron chi connectivity index (χ2n) is 5.23. The molecule has 25 heavy (non-hydrogen) atoms. The molecule has 0 N–H and O–H groups in total. The van der Waals surface area contributed by atoms with E-state index in [9.17, 15) is 4.79 Å². The first-order chi connectivity index (χ1) is 12.3. The van der Waals surface area contributed by atoms with E-state index in [1.165, 1.54) is 0 Å². The van der Waals surface area contributed by atoms with E-state index in [4.69, 9.17) is 18.9 Å². The Balaban J connectivity index is 2.29. The summed E-state index contributed by atoms with van der Waals surface area (Å²) in [5, 5.41) is 0. The molecule has 0 aliphatic carbocycles. The number of benzene rings is 2. The molecule has 0 spiro atoms. The van der Waals surface area contributed by atoms with Crippen LogP contribution in [0.3, 0.4) is 0 Å². The lowest BCUT2D eigenvalue weighted by Gasteiger charge is -2.15. The zero-order chi connectivity index (χ0) is 17.9. The van der Waals surface area contributed by atoms with Crippen molar-refractivity contribution in [2.75, 3.05) is 27.8 Å². The summed E-state index contributed by atoms with van der Waals surface area (Å²) < 4.78 is 21.2. The van der Waals surface area contributed by atoms with Crippen LogP contribution in [0.2, 0.25) is 0 Å². The fourth-order valence-electron chi connectivity index (χ4n) is 2.29. The number of carbonyl (C=O) groups excluding carboxylic acids is 1. The Bertz CT molecular complexity index is 665. The zero-order valence-electron chi connectivity index (χ0n) is 14.4. The van der Waals surface area contributed by atoms with Crippen molar-refractivity contribution in [2.24, 2.45) is 0 Å². The first-order valence-corrected chi connectivity index (χ1v) is 7.85. The van der Waals surface area contributed by atoms with Crippen molar-refractivity contribution in [3.63, 3.8) is 0 Å². The monoisotopic (exact) mass is 342 g/mol. The summed E-state index contributed by atoms with van der Waals surface area (Å²) in [6.07, 6.45) is 5.37. The summed E-state index contributed by atoms with van der Waals surface area (Å²) in [5.74, 6) is 1.10. The van der Waals surface area contributed by atoms with Gasteiger partial charge in [0.1, 0.15) is 17.8 Å². The van der Waals surface area contributed by atoms with Gasteiger partial charge in [-0.1, -0.05) is 42.5 Å². The average Bonchev–Trinajstić information content (AvgIpc) is 2.66. The van der Waals surface area contributed by atoms with E-state index in [1.54, 1.807) is 26.4 Å². The minimum atomic E-state index is 0.0847. The SMILES string of the molecule is COCOc1cc(C=O)cc(OCOC)c1C/C=C/c1ccccc1. The number of rotatable bonds is 10.